The number of amides is 1. The maximum Gasteiger partial charge on any atom is 0.274 e. The van der Waals surface area contributed by atoms with Crippen LogP contribution in [0, 0.1) is 0 Å². The van der Waals surface area contributed by atoms with E-state index in [1.54, 1.807) is 7.11 Å². The van der Waals surface area contributed by atoms with Gasteiger partial charge in [-0.25, -0.2) is 4.68 Å². The van der Waals surface area contributed by atoms with E-state index in [0.29, 0.717) is 31.9 Å². The second-order valence-electron chi connectivity index (χ2n) is 6.64. The number of ether oxygens (including phenoxy) is 1. The van der Waals surface area contributed by atoms with Crippen molar-refractivity contribution >= 4 is 5.91 Å². The highest BCUT2D eigenvalue weighted by molar-refractivity contribution is 5.92. The highest BCUT2D eigenvalue weighted by atomic mass is 16.5. The lowest BCUT2D eigenvalue weighted by atomic mass is 10.1. The van der Waals surface area contributed by atoms with Gasteiger partial charge in [-0.1, -0.05) is 30.3 Å². The van der Waals surface area contributed by atoms with Crippen molar-refractivity contribution < 1.29 is 9.53 Å². The van der Waals surface area contributed by atoms with Crippen LogP contribution in [0.4, 0.5) is 0 Å². The molecule has 0 radical (unpaired) electrons. The minimum atomic E-state index is -0.227. The van der Waals surface area contributed by atoms with Crippen LogP contribution in [0.15, 0.2) is 47.3 Å². The SMILES string of the molecule is COCCn1nc(C(=O)N2CCN(CCc3ccccc3)CC2)ccc1=O. The van der Waals surface area contributed by atoms with E-state index in [0.717, 1.165) is 26.1 Å². The smallest absolute Gasteiger partial charge is 0.274 e. The highest BCUT2D eigenvalue weighted by Gasteiger charge is 2.23. The van der Waals surface area contributed by atoms with Crippen LogP contribution in [-0.2, 0) is 17.7 Å². The van der Waals surface area contributed by atoms with Gasteiger partial charge in [0.05, 0.1) is 13.2 Å². The third-order valence-electron chi connectivity index (χ3n) is 4.81. The van der Waals surface area contributed by atoms with E-state index in [4.69, 9.17) is 4.74 Å². The number of methoxy groups -OCH3 is 1. The lowest BCUT2D eigenvalue weighted by Crippen LogP contribution is -2.49. The molecule has 7 nitrogen and oxygen atoms in total. The standard InChI is InChI=1S/C20H26N4O3/c1-27-16-15-24-19(25)8-7-18(21-24)20(26)23-13-11-22(12-14-23)10-9-17-5-3-2-4-6-17/h2-8H,9-16H2,1H3. The van der Waals surface area contributed by atoms with Crippen LogP contribution in [0.1, 0.15) is 16.1 Å². The van der Waals surface area contributed by atoms with E-state index < -0.39 is 0 Å². The quantitative estimate of drug-likeness (QED) is 0.724. The van der Waals surface area contributed by atoms with E-state index in [1.807, 2.05) is 11.0 Å². The fourth-order valence-corrected chi connectivity index (χ4v) is 3.17. The number of hydrogen-bond acceptors (Lipinski definition) is 5. The van der Waals surface area contributed by atoms with Crippen LogP contribution >= 0.6 is 0 Å². The third kappa shape index (κ3) is 5.24. The van der Waals surface area contributed by atoms with Gasteiger partial charge in [-0.15, -0.1) is 0 Å². The van der Waals surface area contributed by atoms with Crippen molar-refractivity contribution in [3.63, 3.8) is 0 Å². The average Bonchev–Trinajstić information content (AvgIpc) is 2.72. The lowest BCUT2D eigenvalue weighted by molar-refractivity contribution is 0.0629. The summed E-state index contributed by atoms with van der Waals surface area (Å²) in [4.78, 5) is 28.7. The Bertz CT molecular complexity index is 798. The minimum Gasteiger partial charge on any atom is -0.383 e. The Morgan fingerprint density at radius 3 is 2.48 bits per heavy atom. The number of carbonyl (C=O) groups is 1. The van der Waals surface area contributed by atoms with Gasteiger partial charge in [-0.05, 0) is 18.1 Å². The molecule has 0 bridgehead atoms. The monoisotopic (exact) mass is 370 g/mol. The molecule has 1 aromatic carbocycles. The summed E-state index contributed by atoms with van der Waals surface area (Å²) < 4.78 is 6.27. The fraction of sp³-hybridized carbons (Fsp3) is 0.450. The molecule has 7 heteroatoms. The third-order valence-corrected chi connectivity index (χ3v) is 4.81. The van der Waals surface area contributed by atoms with Crippen LogP contribution in [0.2, 0.25) is 0 Å². The average molecular weight is 370 g/mol. The first-order valence-corrected chi connectivity index (χ1v) is 9.30. The largest absolute Gasteiger partial charge is 0.383 e. The van der Waals surface area contributed by atoms with E-state index in [-0.39, 0.29) is 11.5 Å². The van der Waals surface area contributed by atoms with Crippen molar-refractivity contribution in [3.8, 4) is 0 Å². The molecule has 2 aromatic rings. The fourth-order valence-electron chi connectivity index (χ4n) is 3.17. The second kappa shape index (κ2) is 9.43. The van der Waals surface area contributed by atoms with E-state index in [2.05, 4.69) is 34.3 Å². The minimum absolute atomic E-state index is 0.121. The summed E-state index contributed by atoms with van der Waals surface area (Å²) in [6, 6.07) is 13.3. The van der Waals surface area contributed by atoms with Gasteiger partial charge in [0.1, 0.15) is 5.69 Å². The number of aromatic nitrogens is 2. The van der Waals surface area contributed by atoms with Gasteiger partial charge in [-0.2, -0.15) is 5.10 Å². The van der Waals surface area contributed by atoms with Crippen molar-refractivity contribution in [1.29, 1.82) is 0 Å². The van der Waals surface area contributed by atoms with Crippen molar-refractivity contribution in [1.82, 2.24) is 19.6 Å². The summed E-state index contributed by atoms with van der Waals surface area (Å²) >= 11 is 0. The molecule has 3 rings (SSSR count). The summed E-state index contributed by atoms with van der Waals surface area (Å²) in [7, 11) is 1.57. The van der Waals surface area contributed by atoms with Gasteiger partial charge in [0.25, 0.3) is 11.5 Å². The number of carbonyl (C=O) groups excluding carboxylic acids is 1. The molecule has 0 aliphatic carbocycles. The molecule has 1 fully saturated rings. The van der Waals surface area contributed by atoms with Gasteiger partial charge in [0, 0.05) is 45.9 Å². The molecular weight excluding hydrogens is 344 g/mol. The molecular formula is C20H26N4O3. The van der Waals surface area contributed by atoms with Gasteiger partial charge in [-0.3, -0.25) is 14.5 Å². The first-order chi connectivity index (χ1) is 13.2. The molecule has 0 saturated carbocycles. The summed E-state index contributed by atoms with van der Waals surface area (Å²) in [5, 5.41) is 4.20. The Labute approximate surface area is 159 Å². The number of benzene rings is 1. The number of piperazine rings is 1. The molecule has 0 unspecified atom stereocenters. The molecule has 27 heavy (non-hydrogen) atoms. The summed E-state index contributed by atoms with van der Waals surface area (Å²) in [6.07, 6.45) is 1.01. The topological polar surface area (TPSA) is 67.7 Å². The van der Waals surface area contributed by atoms with E-state index in [9.17, 15) is 9.59 Å². The molecule has 1 saturated heterocycles. The molecule has 1 aliphatic heterocycles. The lowest BCUT2D eigenvalue weighted by Gasteiger charge is -2.34. The molecule has 1 aromatic heterocycles. The zero-order valence-electron chi connectivity index (χ0n) is 15.7. The summed E-state index contributed by atoms with van der Waals surface area (Å²) in [5.74, 6) is -0.121. The Morgan fingerprint density at radius 1 is 1.04 bits per heavy atom. The molecule has 0 atom stereocenters. The molecule has 1 aliphatic rings. The number of nitrogens with zero attached hydrogens (tertiary/aromatic N) is 4. The normalized spacial score (nSPS) is 15.1. The first-order valence-electron chi connectivity index (χ1n) is 9.30. The van der Waals surface area contributed by atoms with E-state index in [1.165, 1.54) is 22.4 Å². The highest BCUT2D eigenvalue weighted by Crippen LogP contribution is 2.08. The number of hydrogen-bond donors (Lipinski definition) is 0. The maximum absolute atomic E-state index is 12.7. The van der Waals surface area contributed by atoms with Crippen LogP contribution in [-0.4, -0.2) is 71.9 Å². The van der Waals surface area contributed by atoms with Crippen LogP contribution in [0.5, 0.6) is 0 Å². The Morgan fingerprint density at radius 2 is 1.78 bits per heavy atom. The molecule has 2 heterocycles. The van der Waals surface area contributed by atoms with Gasteiger partial charge >= 0.3 is 0 Å². The molecule has 1 amide bonds. The first kappa shape index (κ1) is 19.3. The summed E-state index contributed by atoms with van der Waals surface area (Å²) in [6.45, 7) is 4.75. The van der Waals surface area contributed by atoms with Crippen LogP contribution in [0.25, 0.3) is 0 Å². The predicted octanol–water partition coefficient (Wildman–Crippen LogP) is 0.890. The van der Waals surface area contributed by atoms with Crippen molar-refractivity contribution in [2.24, 2.45) is 0 Å². The van der Waals surface area contributed by atoms with Crippen LogP contribution in [0.3, 0.4) is 0 Å². The van der Waals surface area contributed by atoms with Gasteiger partial charge < -0.3 is 9.64 Å². The van der Waals surface area contributed by atoms with Crippen molar-refractivity contribution in [2.75, 3.05) is 46.4 Å². The van der Waals surface area contributed by atoms with Gasteiger partial charge in [0.2, 0.25) is 0 Å². The molecule has 0 N–H and O–H groups in total. The molecule has 0 spiro atoms. The zero-order chi connectivity index (χ0) is 19.1. The maximum atomic E-state index is 12.7. The van der Waals surface area contributed by atoms with Crippen molar-refractivity contribution in [2.45, 2.75) is 13.0 Å². The number of rotatable bonds is 7. The Balaban J connectivity index is 1.53. The predicted molar refractivity (Wildman–Crippen MR) is 103 cm³/mol. The zero-order valence-corrected chi connectivity index (χ0v) is 15.7. The van der Waals surface area contributed by atoms with Gasteiger partial charge in [0.15, 0.2) is 0 Å². The molecule has 144 valence electrons. The second-order valence-corrected chi connectivity index (χ2v) is 6.64. The Kier molecular flexibility index (Phi) is 6.73. The van der Waals surface area contributed by atoms with E-state index >= 15 is 0 Å². The van der Waals surface area contributed by atoms with Crippen LogP contribution < -0.4 is 5.56 Å². The summed E-state index contributed by atoms with van der Waals surface area (Å²) in [5.41, 5.74) is 1.41. The Hall–Kier alpha value is -2.51. The van der Waals surface area contributed by atoms with Crippen molar-refractivity contribution in [3.05, 3.63) is 64.1 Å².